The highest BCUT2D eigenvalue weighted by molar-refractivity contribution is 7.99. The van der Waals surface area contributed by atoms with Crippen LogP contribution in [0.25, 0.3) is 0 Å². The molecule has 0 aromatic heterocycles. The standard InChI is InChI=1S/C13H17Cl2NS/c1-13(8-14,9-15)16-6-10-7-17-12-5-3-2-4-11(10)12/h2-5,10,16H,6-9H2,1H3. The molecule has 2 rings (SSSR count). The van der Waals surface area contributed by atoms with Crippen LogP contribution in [0.15, 0.2) is 29.2 Å². The molecule has 0 bridgehead atoms. The lowest BCUT2D eigenvalue weighted by molar-refractivity contribution is 0.423. The van der Waals surface area contributed by atoms with Crippen LogP contribution in [0.4, 0.5) is 0 Å². The first-order valence-corrected chi connectivity index (χ1v) is 7.83. The van der Waals surface area contributed by atoms with E-state index in [4.69, 9.17) is 23.2 Å². The molecular weight excluding hydrogens is 273 g/mol. The molecule has 1 unspecified atom stereocenters. The van der Waals surface area contributed by atoms with Crippen molar-refractivity contribution in [2.24, 2.45) is 0 Å². The fraction of sp³-hybridized carbons (Fsp3) is 0.538. The van der Waals surface area contributed by atoms with Gasteiger partial charge in [0, 0.05) is 40.4 Å². The Hall–Kier alpha value is 0.110. The van der Waals surface area contributed by atoms with Crippen molar-refractivity contribution in [3.8, 4) is 0 Å². The van der Waals surface area contributed by atoms with E-state index in [1.54, 1.807) is 0 Å². The van der Waals surface area contributed by atoms with E-state index < -0.39 is 0 Å². The minimum atomic E-state index is -0.161. The summed E-state index contributed by atoms with van der Waals surface area (Å²) in [5.41, 5.74) is 1.29. The van der Waals surface area contributed by atoms with Gasteiger partial charge in [-0.25, -0.2) is 0 Å². The monoisotopic (exact) mass is 289 g/mol. The second-order valence-corrected chi connectivity index (χ2v) is 6.35. The predicted molar refractivity (Wildman–Crippen MR) is 77.8 cm³/mol. The third-order valence-electron chi connectivity index (χ3n) is 3.16. The van der Waals surface area contributed by atoms with E-state index in [1.807, 2.05) is 11.8 Å². The third kappa shape index (κ3) is 3.11. The Morgan fingerprint density at radius 1 is 1.35 bits per heavy atom. The molecule has 1 aromatic carbocycles. The highest BCUT2D eigenvalue weighted by Crippen LogP contribution is 2.39. The van der Waals surface area contributed by atoms with Gasteiger partial charge in [-0.1, -0.05) is 18.2 Å². The van der Waals surface area contributed by atoms with Crippen molar-refractivity contribution in [1.29, 1.82) is 0 Å². The molecule has 4 heteroatoms. The van der Waals surface area contributed by atoms with Gasteiger partial charge in [-0.3, -0.25) is 0 Å². The van der Waals surface area contributed by atoms with Crippen molar-refractivity contribution in [1.82, 2.24) is 5.32 Å². The van der Waals surface area contributed by atoms with Crippen molar-refractivity contribution in [2.75, 3.05) is 24.1 Å². The van der Waals surface area contributed by atoms with Crippen molar-refractivity contribution in [3.05, 3.63) is 29.8 Å². The Morgan fingerprint density at radius 3 is 2.76 bits per heavy atom. The number of hydrogen-bond donors (Lipinski definition) is 1. The maximum atomic E-state index is 5.94. The first-order valence-electron chi connectivity index (χ1n) is 5.77. The fourth-order valence-corrected chi connectivity index (χ4v) is 3.63. The Morgan fingerprint density at radius 2 is 2.06 bits per heavy atom. The average molecular weight is 290 g/mol. The average Bonchev–Trinajstić information content (AvgIpc) is 2.79. The van der Waals surface area contributed by atoms with Gasteiger partial charge in [0.2, 0.25) is 0 Å². The molecule has 94 valence electrons. The summed E-state index contributed by atoms with van der Waals surface area (Å²) < 4.78 is 0. The molecule has 0 radical (unpaired) electrons. The topological polar surface area (TPSA) is 12.0 Å². The van der Waals surface area contributed by atoms with E-state index in [0.29, 0.717) is 17.7 Å². The van der Waals surface area contributed by atoms with Crippen molar-refractivity contribution in [3.63, 3.8) is 0 Å². The molecule has 1 nitrogen and oxygen atoms in total. The molecule has 1 aliphatic heterocycles. The normalized spacial score (nSPS) is 19.4. The molecule has 0 aliphatic carbocycles. The van der Waals surface area contributed by atoms with E-state index in [9.17, 15) is 0 Å². The molecule has 17 heavy (non-hydrogen) atoms. The highest BCUT2D eigenvalue weighted by Gasteiger charge is 2.27. The molecule has 1 aromatic rings. The first kappa shape index (κ1) is 13.5. The summed E-state index contributed by atoms with van der Waals surface area (Å²) in [6.07, 6.45) is 0. The summed E-state index contributed by atoms with van der Waals surface area (Å²) in [6.45, 7) is 3.01. The second-order valence-electron chi connectivity index (χ2n) is 4.75. The summed E-state index contributed by atoms with van der Waals surface area (Å²) >= 11 is 13.8. The number of alkyl halides is 2. The minimum Gasteiger partial charge on any atom is -0.309 e. The van der Waals surface area contributed by atoms with Crippen LogP contribution in [0.3, 0.4) is 0 Å². The summed E-state index contributed by atoms with van der Waals surface area (Å²) in [7, 11) is 0. The fourth-order valence-electron chi connectivity index (χ4n) is 1.90. The van der Waals surface area contributed by atoms with E-state index in [0.717, 1.165) is 12.3 Å². The molecule has 0 fully saturated rings. The zero-order chi connectivity index (χ0) is 12.3. The maximum Gasteiger partial charge on any atom is 0.0425 e. The first-order chi connectivity index (χ1) is 8.18. The molecule has 0 saturated carbocycles. The summed E-state index contributed by atoms with van der Waals surface area (Å²) in [6, 6.07) is 8.63. The number of hydrogen-bond acceptors (Lipinski definition) is 2. The summed E-state index contributed by atoms with van der Waals surface area (Å²) in [5, 5.41) is 3.50. The van der Waals surface area contributed by atoms with Gasteiger partial charge in [0.25, 0.3) is 0 Å². The molecular formula is C13H17Cl2NS. The van der Waals surface area contributed by atoms with Crippen LogP contribution in [-0.4, -0.2) is 29.6 Å². The van der Waals surface area contributed by atoms with Crippen LogP contribution in [0.5, 0.6) is 0 Å². The van der Waals surface area contributed by atoms with E-state index >= 15 is 0 Å². The van der Waals surface area contributed by atoms with Crippen LogP contribution in [0.2, 0.25) is 0 Å². The highest BCUT2D eigenvalue weighted by atomic mass is 35.5. The number of rotatable bonds is 5. The van der Waals surface area contributed by atoms with Gasteiger partial charge >= 0.3 is 0 Å². The van der Waals surface area contributed by atoms with Crippen molar-refractivity contribution >= 4 is 35.0 Å². The minimum absolute atomic E-state index is 0.161. The van der Waals surface area contributed by atoms with Gasteiger partial charge in [-0.15, -0.1) is 35.0 Å². The summed E-state index contributed by atoms with van der Waals surface area (Å²) in [5.74, 6) is 2.80. The van der Waals surface area contributed by atoms with E-state index in [2.05, 4.69) is 36.5 Å². The number of fused-ring (bicyclic) bond motifs is 1. The molecule has 0 amide bonds. The lowest BCUT2D eigenvalue weighted by atomic mass is 9.99. The smallest absolute Gasteiger partial charge is 0.0425 e. The molecule has 1 atom stereocenters. The van der Waals surface area contributed by atoms with Gasteiger partial charge in [-0.2, -0.15) is 0 Å². The molecule has 1 heterocycles. The Bertz CT molecular complexity index is 379. The lowest BCUT2D eigenvalue weighted by Crippen LogP contribution is -2.47. The largest absolute Gasteiger partial charge is 0.309 e. The van der Waals surface area contributed by atoms with Gasteiger partial charge in [0.1, 0.15) is 0 Å². The Kier molecular flexibility index (Phi) is 4.65. The van der Waals surface area contributed by atoms with Crippen molar-refractivity contribution in [2.45, 2.75) is 23.3 Å². The van der Waals surface area contributed by atoms with E-state index in [1.165, 1.54) is 10.5 Å². The van der Waals surface area contributed by atoms with Crippen molar-refractivity contribution < 1.29 is 0 Å². The molecule has 1 aliphatic rings. The van der Waals surface area contributed by atoms with Crippen LogP contribution < -0.4 is 5.32 Å². The molecule has 0 spiro atoms. The second kappa shape index (κ2) is 5.83. The van der Waals surface area contributed by atoms with Crippen LogP contribution in [-0.2, 0) is 0 Å². The van der Waals surface area contributed by atoms with Crippen LogP contribution >= 0.6 is 35.0 Å². The SMILES string of the molecule is CC(CCl)(CCl)NCC1CSc2ccccc21. The van der Waals surface area contributed by atoms with E-state index in [-0.39, 0.29) is 5.54 Å². The number of nitrogens with one attached hydrogen (secondary N) is 1. The third-order valence-corrected chi connectivity index (χ3v) is 5.60. The predicted octanol–water partition coefficient (Wildman–Crippen LogP) is 3.70. The lowest BCUT2D eigenvalue weighted by Gasteiger charge is -2.27. The van der Waals surface area contributed by atoms with Crippen LogP contribution in [0, 0.1) is 0 Å². The molecule has 0 saturated heterocycles. The maximum absolute atomic E-state index is 5.94. The quantitative estimate of drug-likeness (QED) is 0.830. The zero-order valence-corrected chi connectivity index (χ0v) is 12.2. The van der Waals surface area contributed by atoms with Gasteiger partial charge in [0.15, 0.2) is 0 Å². The number of halogens is 2. The number of thioether (sulfide) groups is 1. The van der Waals surface area contributed by atoms with Gasteiger partial charge < -0.3 is 5.32 Å². The van der Waals surface area contributed by atoms with Gasteiger partial charge in [0.05, 0.1) is 0 Å². The molecule has 1 N–H and O–H groups in total. The summed E-state index contributed by atoms with van der Waals surface area (Å²) in [4.78, 5) is 1.41. The Balaban J connectivity index is 1.98. The zero-order valence-electron chi connectivity index (χ0n) is 9.88. The van der Waals surface area contributed by atoms with Gasteiger partial charge in [-0.05, 0) is 18.6 Å². The Labute approximate surface area is 117 Å². The van der Waals surface area contributed by atoms with Crippen LogP contribution in [0.1, 0.15) is 18.4 Å². The number of benzene rings is 1.